The van der Waals surface area contributed by atoms with Gasteiger partial charge in [0.05, 0.1) is 35.1 Å². The van der Waals surface area contributed by atoms with Gasteiger partial charge in [-0.15, -0.1) is 11.3 Å². The highest BCUT2D eigenvalue weighted by Crippen LogP contribution is 2.37. The van der Waals surface area contributed by atoms with Gasteiger partial charge in [0, 0.05) is 80.4 Å². The standard InChI is InChI=1S/C28H33FN6O2S/c1-18-24(5-13-37-18)34-9-7-33(8-10-34)17-19-16-23-26(38-19)28(35-11-14-36-15-12-35)32-27(31-23)25-20-4-6-30-22(20)3-2-21(25)29/h2-4,6,16,18,24,30H,5,7-15,17H2,1H3. The van der Waals surface area contributed by atoms with E-state index in [1.807, 2.05) is 12.3 Å². The molecular weight excluding hydrogens is 503 g/mol. The van der Waals surface area contributed by atoms with Gasteiger partial charge in [0.15, 0.2) is 11.6 Å². The average molecular weight is 537 g/mol. The zero-order valence-corrected chi connectivity index (χ0v) is 22.5. The molecule has 7 rings (SSSR count). The van der Waals surface area contributed by atoms with E-state index in [0.29, 0.717) is 36.7 Å². The van der Waals surface area contributed by atoms with E-state index in [2.05, 4.69) is 32.7 Å². The van der Waals surface area contributed by atoms with Gasteiger partial charge in [-0.05, 0) is 37.6 Å². The minimum atomic E-state index is -0.306. The molecule has 3 saturated heterocycles. The topological polar surface area (TPSA) is 69.8 Å². The average Bonchev–Trinajstić information content (AvgIpc) is 3.68. The van der Waals surface area contributed by atoms with Crippen molar-refractivity contribution < 1.29 is 13.9 Å². The summed E-state index contributed by atoms with van der Waals surface area (Å²) in [7, 11) is 0. The zero-order chi connectivity index (χ0) is 25.6. The zero-order valence-electron chi connectivity index (χ0n) is 21.7. The Hall–Kier alpha value is -2.63. The van der Waals surface area contributed by atoms with Gasteiger partial charge in [-0.25, -0.2) is 14.4 Å². The van der Waals surface area contributed by atoms with E-state index in [0.717, 1.165) is 85.8 Å². The van der Waals surface area contributed by atoms with Gasteiger partial charge in [0.25, 0.3) is 0 Å². The van der Waals surface area contributed by atoms with E-state index < -0.39 is 0 Å². The molecule has 3 aliphatic rings. The van der Waals surface area contributed by atoms with Crippen molar-refractivity contribution in [1.82, 2.24) is 24.8 Å². The van der Waals surface area contributed by atoms with Crippen LogP contribution in [0.15, 0.2) is 30.5 Å². The maximum atomic E-state index is 15.2. The number of hydrogen-bond donors (Lipinski definition) is 1. The lowest BCUT2D eigenvalue weighted by Crippen LogP contribution is -2.51. The lowest BCUT2D eigenvalue weighted by molar-refractivity contribution is 0.0440. The Labute approximate surface area is 225 Å². The van der Waals surface area contributed by atoms with Gasteiger partial charge in [0.2, 0.25) is 0 Å². The van der Waals surface area contributed by atoms with Crippen molar-refractivity contribution in [2.24, 2.45) is 0 Å². The number of aromatic nitrogens is 3. The molecule has 0 radical (unpaired) electrons. The number of rotatable bonds is 5. The number of hydrogen-bond acceptors (Lipinski definition) is 8. The molecule has 3 aromatic heterocycles. The molecule has 0 aliphatic carbocycles. The van der Waals surface area contributed by atoms with E-state index in [-0.39, 0.29) is 5.82 Å². The lowest BCUT2D eigenvalue weighted by atomic mass is 10.1. The van der Waals surface area contributed by atoms with Crippen molar-refractivity contribution in [1.29, 1.82) is 0 Å². The van der Waals surface area contributed by atoms with E-state index >= 15 is 4.39 Å². The van der Waals surface area contributed by atoms with Crippen molar-refractivity contribution in [2.45, 2.75) is 32.0 Å². The first-order valence-corrected chi connectivity index (χ1v) is 14.4. The van der Waals surface area contributed by atoms with E-state index in [4.69, 9.17) is 19.4 Å². The number of fused-ring (bicyclic) bond motifs is 2. The minimum absolute atomic E-state index is 0.306. The van der Waals surface area contributed by atoms with Crippen LogP contribution in [0.25, 0.3) is 32.5 Å². The Morgan fingerprint density at radius 1 is 1.05 bits per heavy atom. The van der Waals surface area contributed by atoms with Gasteiger partial charge >= 0.3 is 0 Å². The Balaban J connectivity index is 1.20. The van der Waals surface area contributed by atoms with Crippen LogP contribution in [0.5, 0.6) is 0 Å². The molecular formula is C28H33FN6O2S. The molecule has 1 N–H and O–H groups in total. The molecule has 1 aromatic carbocycles. The van der Waals surface area contributed by atoms with Gasteiger partial charge in [-0.3, -0.25) is 9.80 Å². The summed E-state index contributed by atoms with van der Waals surface area (Å²) in [5.41, 5.74) is 2.22. The predicted molar refractivity (Wildman–Crippen MR) is 148 cm³/mol. The van der Waals surface area contributed by atoms with Crippen molar-refractivity contribution in [3.8, 4) is 11.4 Å². The third kappa shape index (κ3) is 4.48. The molecule has 200 valence electrons. The van der Waals surface area contributed by atoms with Gasteiger partial charge in [0.1, 0.15) is 5.82 Å². The fraction of sp³-hybridized carbons (Fsp3) is 0.500. The van der Waals surface area contributed by atoms with Crippen LogP contribution in [0.3, 0.4) is 0 Å². The normalized spacial score (nSPS) is 23.7. The van der Waals surface area contributed by atoms with E-state index in [1.54, 1.807) is 17.4 Å². The minimum Gasteiger partial charge on any atom is -0.378 e. The molecule has 2 atom stereocenters. The largest absolute Gasteiger partial charge is 0.378 e. The maximum absolute atomic E-state index is 15.2. The van der Waals surface area contributed by atoms with Crippen molar-refractivity contribution in [3.63, 3.8) is 0 Å². The van der Waals surface area contributed by atoms with Crippen molar-refractivity contribution >= 4 is 38.3 Å². The van der Waals surface area contributed by atoms with Gasteiger partial charge < -0.3 is 19.4 Å². The number of benzene rings is 1. The number of H-pyrrole nitrogens is 1. The molecule has 4 aromatic rings. The third-order valence-electron chi connectivity index (χ3n) is 8.21. The molecule has 0 saturated carbocycles. The van der Waals surface area contributed by atoms with Crippen LogP contribution in [-0.2, 0) is 16.0 Å². The lowest BCUT2D eigenvalue weighted by Gasteiger charge is -2.38. The number of anilines is 1. The number of morpholine rings is 1. The first-order valence-electron chi connectivity index (χ1n) is 13.6. The number of nitrogens with zero attached hydrogens (tertiary/aromatic N) is 5. The number of nitrogens with one attached hydrogen (secondary N) is 1. The quantitative estimate of drug-likeness (QED) is 0.412. The predicted octanol–water partition coefficient (Wildman–Crippen LogP) is 4.11. The van der Waals surface area contributed by atoms with Crippen molar-refractivity contribution in [2.75, 3.05) is 64.0 Å². The fourth-order valence-electron chi connectivity index (χ4n) is 6.15. The first kappa shape index (κ1) is 24.4. The van der Waals surface area contributed by atoms with Crippen LogP contribution >= 0.6 is 11.3 Å². The number of piperazine rings is 1. The van der Waals surface area contributed by atoms with E-state index in [1.165, 1.54) is 10.9 Å². The van der Waals surface area contributed by atoms with Crippen molar-refractivity contribution in [3.05, 3.63) is 41.2 Å². The molecule has 3 fully saturated rings. The number of ether oxygens (including phenoxy) is 2. The Kier molecular flexibility index (Phi) is 6.53. The SMILES string of the molecule is CC1OCCC1N1CCN(Cc2cc3nc(-c4c(F)ccc5[nH]ccc45)nc(N4CCOCC4)c3s2)CC1. The van der Waals surface area contributed by atoms with Crippen LogP contribution in [0.2, 0.25) is 0 Å². The third-order valence-corrected chi connectivity index (χ3v) is 9.32. The van der Waals surface area contributed by atoms with Crippen LogP contribution in [0.1, 0.15) is 18.2 Å². The molecule has 3 aliphatic heterocycles. The smallest absolute Gasteiger partial charge is 0.165 e. The Morgan fingerprint density at radius 3 is 2.68 bits per heavy atom. The fourth-order valence-corrected chi connectivity index (χ4v) is 7.31. The van der Waals surface area contributed by atoms with Crippen LogP contribution in [0.4, 0.5) is 10.2 Å². The highest BCUT2D eigenvalue weighted by Gasteiger charge is 2.32. The number of aromatic amines is 1. The molecule has 38 heavy (non-hydrogen) atoms. The molecule has 2 unspecified atom stereocenters. The maximum Gasteiger partial charge on any atom is 0.165 e. The monoisotopic (exact) mass is 536 g/mol. The molecule has 0 bridgehead atoms. The summed E-state index contributed by atoms with van der Waals surface area (Å²) < 4.78 is 27.7. The number of halogens is 1. The Morgan fingerprint density at radius 2 is 1.89 bits per heavy atom. The highest BCUT2D eigenvalue weighted by atomic mass is 32.1. The van der Waals surface area contributed by atoms with Crippen LogP contribution in [0, 0.1) is 5.82 Å². The summed E-state index contributed by atoms with van der Waals surface area (Å²) in [6.45, 7) is 11.1. The summed E-state index contributed by atoms with van der Waals surface area (Å²) in [5, 5.41) is 0.799. The Bertz CT molecular complexity index is 1440. The van der Waals surface area contributed by atoms with E-state index in [9.17, 15) is 0 Å². The number of thiophene rings is 1. The summed E-state index contributed by atoms with van der Waals surface area (Å²) >= 11 is 1.77. The second-order valence-corrected chi connectivity index (χ2v) is 11.6. The summed E-state index contributed by atoms with van der Waals surface area (Å²) in [6.07, 6.45) is 3.30. The summed E-state index contributed by atoms with van der Waals surface area (Å²) in [4.78, 5) is 21.8. The first-order chi connectivity index (χ1) is 18.6. The molecule has 10 heteroatoms. The van der Waals surface area contributed by atoms with Crippen LogP contribution < -0.4 is 4.90 Å². The molecule has 0 amide bonds. The summed E-state index contributed by atoms with van der Waals surface area (Å²) in [6, 6.07) is 7.89. The van der Waals surface area contributed by atoms with Crippen LogP contribution in [-0.4, -0.2) is 96.0 Å². The summed E-state index contributed by atoms with van der Waals surface area (Å²) in [5.74, 6) is 1.02. The second-order valence-electron chi connectivity index (χ2n) is 10.5. The van der Waals surface area contributed by atoms with Gasteiger partial charge in [-0.1, -0.05) is 0 Å². The molecule has 8 nitrogen and oxygen atoms in total. The highest BCUT2D eigenvalue weighted by molar-refractivity contribution is 7.19. The second kappa shape index (κ2) is 10.2. The molecule has 0 spiro atoms. The van der Waals surface area contributed by atoms with Gasteiger partial charge in [-0.2, -0.15) is 0 Å². The molecule has 6 heterocycles.